The number of hydrogen-bond acceptors (Lipinski definition) is 3. The van der Waals surface area contributed by atoms with Crippen LogP contribution in [0.3, 0.4) is 0 Å². The Bertz CT molecular complexity index is 379. The Hall–Kier alpha value is -1.86. The van der Waals surface area contributed by atoms with Gasteiger partial charge in [0.2, 0.25) is 6.08 Å². The molecule has 0 aromatic heterocycles. The molecule has 3 heteroatoms. The third kappa shape index (κ3) is 3.25. The Morgan fingerprint density at radius 2 is 2.36 bits per heavy atom. The van der Waals surface area contributed by atoms with Crippen molar-refractivity contribution in [3.63, 3.8) is 0 Å². The first-order valence-corrected chi connectivity index (χ1v) is 4.20. The van der Waals surface area contributed by atoms with Gasteiger partial charge in [0.05, 0.1) is 6.54 Å². The zero-order valence-corrected chi connectivity index (χ0v) is 7.73. The van der Waals surface area contributed by atoms with Crippen molar-refractivity contribution < 1.29 is 9.90 Å². The summed E-state index contributed by atoms with van der Waals surface area (Å²) in [5, 5.41) is 9.19. The van der Waals surface area contributed by atoms with Crippen LogP contribution in [0.4, 0.5) is 0 Å². The molecule has 0 saturated carbocycles. The van der Waals surface area contributed by atoms with Crippen molar-refractivity contribution in [1.82, 2.24) is 0 Å². The number of isocyanates is 1. The van der Waals surface area contributed by atoms with E-state index < -0.39 is 0 Å². The maximum atomic E-state index is 9.84. The summed E-state index contributed by atoms with van der Waals surface area (Å²) < 4.78 is 0. The molecular formula is C11H11NO2. The van der Waals surface area contributed by atoms with E-state index in [1.807, 2.05) is 6.07 Å². The minimum Gasteiger partial charge on any atom is -0.508 e. The van der Waals surface area contributed by atoms with Gasteiger partial charge >= 0.3 is 0 Å². The Balaban J connectivity index is 2.60. The van der Waals surface area contributed by atoms with Gasteiger partial charge in [-0.15, -0.1) is 0 Å². The van der Waals surface area contributed by atoms with E-state index in [9.17, 15) is 9.90 Å². The average Bonchev–Trinajstić information content (AvgIpc) is 2.15. The zero-order chi connectivity index (χ0) is 10.4. The number of nitrogens with zero attached hydrogens (tertiary/aromatic N) is 1. The molecule has 0 heterocycles. The number of aromatic hydroxyl groups is 1. The molecule has 72 valence electrons. The minimum atomic E-state index is 0.231. The topological polar surface area (TPSA) is 49.7 Å². The molecule has 0 amide bonds. The molecule has 0 spiro atoms. The zero-order valence-electron chi connectivity index (χ0n) is 7.73. The number of aliphatic imine (C=N–C) groups is 1. The molecule has 0 saturated heterocycles. The number of rotatable bonds is 4. The van der Waals surface area contributed by atoms with Crippen molar-refractivity contribution in [3.8, 4) is 5.75 Å². The first-order chi connectivity index (χ1) is 6.72. The maximum absolute atomic E-state index is 9.84. The van der Waals surface area contributed by atoms with E-state index in [2.05, 4.69) is 11.6 Å². The molecule has 3 nitrogen and oxygen atoms in total. The van der Waals surface area contributed by atoms with E-state index in [1.165, 1.54) is 6.08 Å². The SMILES string of the molecule is C=C(CN=C=O)Cc1cccc(O)c1. The Kier molecular flexibility index (Phi) is 3.65. The van der Waals surface area contributed by atoms with E-state index in [4.69, 9.17) is 0 Å². The number of hydrogen-bond donors (Lipinski definition) is 1. The lowest BCUT2D eigenvalue weighted by Gasteiger charge is -2.02. The van der Waals surface area contributed by atoms with Gasteiger partial charge < -0.3 is 5.11 Å². The number of carbonyl (C=O) groups excluding carboxylic acids is 1. The van der Waals surface area contributed by atoms with Gasteiger partial charge in [0.15, 0.2) is 0 Å². The van der Waals surface area contributed by atoms with Gasteiger partial charge in [0, 0.05) is 0 Å². The Morgan fingerprint density at radius 3 is 3.00 bits per heavy atom. The van der Waals surface area contributed by atoms with Crippen LogP contribution in [0, 0.1) is 0 Å². The summed E-state index contributed by atoms with van der Waals surface area (Å²) in [6.45, 7) is 4.05. The normalized spacial score (nSPS) is 9.14. The highest BCUT2D eigenvalue weighted by molar-refractivity contribution is 5.34. The summed E-state index contributed by atoms with van der Waals surface area (Å²) in [6.07, 6.45) is 2.07. The second kappa shape index (κ2) is 5.00. The third-order valence-corrected chi connectivity index (χ3v) is 1.73. The predicted molar refractivity (Wildman–Crippen MR) is 53.9 cm³/mol. The van der Waals surface area contributed by atoms with Crippen LogP contribution in [0.5, 0.6) is 5.75 Å². The molecule has 14 heavy (non-hydrogen) atoms. The van der Waals surface area contributed by atoms with Crippen molar-refractivity contribution in [2.75, 3.05) is 6.54 Å². The lowest BCUT2D eigenvalue weighted by molar-refractivity contribution is 0.474. The maximum Gasteiger partial charge on any atom is 0.235 e. The van der Waals surface area contributed by atoms with E-state index >= 15 is 0 Å². The van der Waals surface area contributed by atoms with Crippen LogP contribution in [0.25, 0.3) is 0 Å². The highest BCUT2D eigenvalue weighted by Gasteiger charge is 1.97. The molecule has 0 aliphatic rings. The Labute approximate surface area is 82.4 Å². The van der Waals surface area contributed by atoms with E-state index in [-0.39, 0.29) is 5.75 Å². The van der Waals surface area contributed by atoms with Gasteiger partial charge in [-0.3, -0.25) is 0 Å². The molecule has 0 aliphatic heterocycles. The summed E-state index contributed by atoms with van der Waals surface area (Å²) >= 11 is 0. The molecule has 1 N–H and O–H groups in total. The smallest absolute Gasteiger partial charge is 0.235 e. The largest absolute Gasteiger partial charge is 0.508 e. The van der Waals surface area contributed by atoms with Crippen molar-refractivity contribution in [2.45, 2.75) is 6.42 Å². The average molecular weight is 189 g/mol. The third-order valence-electron chi connectivity index (χ3n) is 1.73. The summed E-state index contributed by atoms with van der Waals surface area (Å²) in [4.78, 5) is 13.3. The molecule has 0 atom stereocenters. The molecular weight excluding hydrogens is 178 g/mol. The monoisotopic (exact) mass is 189 g/mol. The van der Waals surface area contributed by atoms with Crippen molar-refractivity contribution in [2.24, 2.45) is 4.99 Å². The number of phenols is 1. The van der Waals surface area contributed by atoms with Gasteiger partial charge in [-0.1, -0.05) is 24.3 Å². The van der Waals surface area contributed by atoms with Crippen molar-refractivity contribution in [1.29, 1.82) is 0 Å². The standard InChI is InChI=1S/C11H11NO2/c1-9(7-12-8-13)5-10-3-2-4-11(14)6-10/h2-4,6,14H,1,5,7H2. The van der Waals surface area contributed by atoms with Gasteiger partial charge in [0.1, 0.15) is 5.75 Å². The fourth-order valence-corrected chi connectivity index (χ4v) is 1.16. The molecule has 0 radical (unpaired) electrons. The summed E-state index contributed by atoms with van der Waals surface area (Å²) in [5.41, 5.74) is 1.77. The predicted octanol–water partition coefficient (Wildman–Crippen LogP) is 1.83. The van der Waals surface area contributed by atoms with Crippen LogP contribution in [0.2, 0.25) is 0 Å². The first-order valence-electron chi connectivity index (χ1n) is 4.20. The first kappa shape index (κ1) is 10.2. The number of phenolic OH excluding ortho intramolecular Hbond substituents is 1. The van der Waals surface area contributed by atoms with Gasteiger partial charge in [0.25, 0.3) is 0 Å². The highest BCUT2D eigenvalue weighted by Crippen LogP contribution is 2.13. The van der Waals surface area contributed by atoms with Crippen molar-refractivity contribution >= 4 is 6.08 Å². The van der Waals surface area contributed by atoms with Crippen LogP contribution in [0.15, 0.2) is 41.4 Å². The summed E-state index contributed by atoms with van der Waals surface area (Å²) in [5.74, 6) is 0.231. The fourth-order valence-electron chi connectivity index (χ4n) is 1.16. The summed E-state index contributed by atoms with van der Waals surface area (Å²) in [6, 6.07) is 6.92. The second-order valence-electron chi connectivity index (χ2n) is 3.00. The van der Waals surface area contributed by atoms with Crippen LogP contribution in [0.1, 0.15) is 5.56 Å². The quantitative estimate of drug-likeness (QED) is 0.446. The van der Waals surface area contributed by atoms with E-state index in [0.29, 0.717) is 13.0 Å². The minimum absolute atomic E-state index is 0.231. The van der Waals surface area contributed by atoms with Crippen LogP contribution in [-0.2, 0) is 11.2 Å². The molecule has 0 bridgehead atoms. The van der Waals surface area contributed by atoms with Crippen LogP contribution >= 0.6 is 0 Å². The van der Waals surface area contributed by atoms with E-state index in [0.717, 1.165) is 11.1 Å². The molecule has 1 rings (SSSR count). The second-order valence-corrected chi connectivity index (χ2v) is 3.00. The van der Waals surface area contributed by atoms with E-state index in [1.54, 1.807) is 18.2 Å². The lowest BCUT2D eigenvalue weighted by atomic mass is 10.1. The number of benzene rings is 1. The lowest BCUT2D eigenvalue weighted by Crippen LogP contribution is -1.92. The fraction of sp³-hybridized carbons (Fsp3) is 0.182. The molecule has 1 aromatic rings. The van der Waals surface area contributed by atoms with Gasteiger partial charge in [-0.25, -0.2) is 9.79 Å². The van der Waals surface area contributed by atoms with Crippen LogP contribution < -0.4 is 0 Å². The Morgan fingerprint density at radius 1 is 1.57 bits per heavy atom. The van der Waals surface area contributed by atoms with Gasteiger partial charge in [-0.2, -0.15) is 0 Å². The molecule has 0 fully saturated rings. The molecule has 0 aliphatic carbocycles. The van der Waals surface area contributed by atoms with Crippen LogP contribution in [-0.4, -0.2) is 17.7 Å². The molecule has 1 aromatic carbocycles. The van der Waals surface area contributed by atoms with Gasteiger partial charge in [-0.05, 0) is 24.1 Å². The van der Waals surface area contributed by atoms with Crippen molar-refractivity contribution in [3.05, 3.63) is 42.0 Å². The molecule has 0 unspecified atom stereocenters. The highest BCUT2D eigenvalue weighted by atomic mass is 16.3. The summed E-state index contributed by atoms with van der Waals surface area (Å²) in [7, 11) is 0.